The van der Waals surface area contributed by atoms with Gasteiger partial charge in [0.15, 0.2) is 0 Å². The van der Waals surface area contributed by atoms with Crippen LogP contribution in [0.1, 0.15) is 46.5 Å². The molecule has 2 nitrogen and oxygen atoms in total. The van der Waals surface area contributed by atoms with Crippen molar-refractivity contribution in [1.29, 1.82) is 0 Å². The first kappa shape index (κ1) is 14.9. The van der Waals surface area contributed by atoms with Gasteiger partial charge in [0.2, 0.25) is 0 Å². The van der Waals surface area contributed by atoms with E-state index in [2.05, 4.69) is 26.1 Å². The summed E-state index contributed by atoms with van der Waals surface area (Å²) in [6.07, 6.45) is 5.04. The van der Waals surface area contributed by atoms with Crippen LogP contribution in [0.5, 0.6) is 0 Å². The summed E-state index contributed by atoms with van der Waals surface area (Å²) >= 11 is 0. The van der Waals surface area contributed by atoms with Gasteiger partial charge in [-0.15, -0.1) is 0 Å². The molecule has 0 heterocycles. The molecule has 15 heavy (non-hydrogen) atoms. The van der Waals surface area contributed by atoms with Gasteiger partial charge in [-0.25, -0.2) is 0 Å². The first-order valence-electron chi connectivity index (χ1n) is 6.45. The fourth-order valence-electron chi connectivity index (χ4n) is 1.96. The van der Waals surface area contributed by atoms with Gasteiger partial charge in [-0.2, -0.15) is 0 Å². The summed E-state index contributed by atoms with van der Waals surface area (Å²) in [5.74, 6) is 1.59. The van der Waals surface area contributed by atoms with Crippen molar-refractivity contribution in [2.24, 2.45) is 11.8 Å². The molecule has 2 atom stereocenters. The van der Waals surface area contributed by atoms with Crippen LogP contribution in [0.2, 0.25) is 0 Å². The molecule has 2 heteroatoms. The third-order valence-corrected chi connectivity index (χ3v) is 3.07. The smallest absolute Gasteiger partial charge is 0.0464 e. The number of hydrogen-bond donors (Lipinski definition) is 1. The zero-order valence-electron chi connectivity index (χ0n) is 11.0. The highest BCUT2D eigenvalue weighted by Gasteiger charge is 2.15. The molecule has 0 aromatic heterocycles. The van der Waals surface area contributed by atoms with E-state index in [1.807, 2.05) is 0 Å². The van der Waals surface area contributed by atoms with Crippen LogP contribution < -0.4 is 5.32 Å². The Labute approximate surface area is 95.8 Å². The molecule has 0 rings (SSSR count). The van der Waals surface area contributed by atoms with Gasteiger partial charge < -0.3 is 10.1 Å². The number of ether oxygens (including phenoxy) is 1. The summed E-state index contributed by atoms with van der Waals surface area (Å²) in [6.45, 7) is 10.1. The van der Waals surface area contributed by atoms with Gasteiger partial charge >= 0.3 is 0 Å². The van der Waals surface area contributed by atoms with Gasteiger partial charge in [0.25, 0.3) is 0 Å². The minimum Gasteiger partial charge on any atom is -0.385 e. The molecule has 0 saturated carbocycles. The summed E-state index contributed by atoms with van der Waals surface area (Å²) < 4.78 is 5.15. The molecule has 0 spiro atoms. The maximum atomic E-state index is 5.15. The van der Waals surface area contributed by atoms with Crippen LogP contribution in [0.3, 0.4) is 0 Å². The Hall–Kier alpha value is -0.0800. The minimum absolute atomic E-state index is 0.772. The lowest BCUT2D eigenvalue weighted by Gasteiger charge is -2.23. The van der Waals surface area contributed by atoms with Gasteiger partial charge in [-0.1, -0.05) is 27.2 Å². The molecule has 0 bridgehead atoms. The summed E-state index contributed by atoms with van der Waals surface area (Å²) in [4.78, 5) is 0. The van der Waals surface area contributed by atoms with Crippen LogP contribution in [-0.2, 0) is 4.74 Å². The normalized spacial score (nSPS) is 15.2. The van der Waals surface area contributed by atoms with E-state index in [1.54, 1.807) is 7.11 Å². The molecule has 0 saturated heterocycles. The first-order valence-corrected chi connectivity index (χ1v) is 6.45. The van der Waals surface area contributed by atoms with Gasteiger partial charge in [-0.05, 0) is 44.2 Å². The van der Waals surface area contributed by atoms with Gasteiger partial charge in [0.05, 0.1) is 0 Å². The zero-order chi connectivity index (χ0) is 11.5. The maximum Gasteiger partial charge on any atom is 0.0464 e. The second kappa shape index (κ2) is 10.4. The van der Waals surface area contributed by atoms with Crippen LogP contribution >= 0.6 is 0 Å². The van der Waals surface area contributed by atoms with Gasteiger partial charge in [0, 0.05) is 13.7 Å². The van der Waals surface area contributed by atoms with Crippen LogP contribution in [0.15, 0.2) is 0 Å². The van der Waals surface area contributed by atoms with Crippen molar-refractivity contribution >= 4 is 0 Å². The highest BCUT2D eigenvalue weighted by molar-refractivity contribution is 4.68. The second-order valence-electron chi connectivity index (χ2n) is 4.51. The highest BCUT2D eigenvalue weighted by atomic mass is 16.5. The van der Waals surface area contributed by atoms with Gasteiger partial charge in [0.1, 0.15) is 0 Å². The molecule has 0 aliphatic rings. The lowest BCUT2D eigenvalue weighted by Crippen LogP contribution is -2.28. The molecule has 0 amide bonds. The molecule has 1 N–H and O–H groups in total. The SMILES string of the molecule is CCCNCC(CCC)C(C)CCOC. The predicted molar refractivity (Wildman–Crippen MR) is 67.2 cm³/mol. The van der Waals surface area contributed by atoms with Crippen LogP contribution in [0.4, 0.5) is 0 Å². The molecular weight excluding hydrogens is 186 g/mol. The largest absolute Gasteiger partial charge is 0.385 e. The van der Waals surface area contributed by atoms with E-state index in [1.165, 1.54) is 32.2 Å². The van der Waals surface area contributed by atoms with E-state index < -0.39 is 0 Å². The lowest BCUT2D eigenvalue weighted by molar-refractivity contribution is 0.161. The Morgan fingerprint density at radius 1 is 1.13 bits per heavy atom. The summed E-state index contributed by atoms with van der Waals surface area (Å²) in [7, 11) is 1.79. The van der Waals surface area contributed by atoms with Crippen LogP contribution in [0.25, 0.3) is 0 Å². The van der Waals surface area contributed by atoms with Gasteiger partial charge in [-0.3, -0.25) is 0 Å². The molecular formula is C13H29NO. The Kier molecular flexibility index (Phi) is 10.4. The molecule has 0 fully saturated rings. The quantitative estimate of drug-likeness (QED) is 0.565. The first-order chi connectivity index (χ1) is 7.26. The Morgan fingerprint density at radius 3 is 2.40 bits per heavy atom. The van der Waals surface area contributed by atoms with Crippen molar-refractivity contribution in [3.63, 3.8) is 0 Å². The van der Waals surface area contributed by atoms with E-state index in [4.69, 9.17) is 4.74 Å². The number of rotatable bonds is 10. The second-order valence-corrected chi connectivity index (χ2v) is 4.51. The predicted octanol–water partition coefficient (Wildman–Crippen LogP) is 3.07. The standard InChI is InChI=1S/C13H29NO/c1-5-7-13(11-14-9-6-2)12(3)8-10-15-4/h12-14H,5-11H2,1-4H3. The Bertz CT molecular complexity index is 128. The molecule has 0 radical (unpaired) electrons. The van der Waals surface area contributed by atoms with Crippen molar-refractivity contribution in [3.8, 4) is 0 Å². The van der Waals surface area contributed by atoms with Crippen molar-refractivity contribution in [2.45, 2.75) is 46.5 Å². The highest BCUT2D eigenvalue weighted by Crippen LogP contribution is 2.20. The fourth-order valence-corrected chi connectivity index (χ4v) is 1.96. The summed E-state index contributed by atoms with van der Waals surface area (Å²) in [6, 6.07) is 0. The average Bonchev–Trinajstić information content (AvgIpc) is 2.25. The number of methoxy groups -OCH3 is 1. The maximum absolute atomic E-state index is 5.15. The molecule has 2 unspecified atom stereocenters. The van der Waals surface area contributed by atoms with Crippen molar-refractivity contribution in [1.82, 2.24) is 5.32 Å². The van der Waals surface area contributed by atoms with Crippen LogP contribution in [-0.4, -0.2) is 26.8 Å². The van der Waals surface area contributed by atoms with Crippen LogP contribution in [0, 0.1) is 11.8 Å². The van der Waals surface area contributed by atoms with Crippen molar-refractivity contribution < 1.29 is 4.74 Å². The lowest BCUT2D eigenvalue weighted by atomic mass is 9.87. The monoisotopic (exact) mass is 215 g/mol. The fraction of sp³-hybridized carbons (Fsp3) is 1.00. The van der Waals surface area contributed by atoms with Crippen molar-refractivity contribution in [2.75, 3.05) is 26.8 Å². The zero-order valence-corrected chi connectivity index (χ0v) is 11.0. The van der Waals surface area contributed by atoms with E-state index in [0.29, 0.717) is 0 Å². The van der Waals surface area contributed by atoms with Crippen molar-refractivity contribution in [3.05, 3.63) is 0 Å². The Morgan fingerprint density at radius 2 is 1.87 bits per heavy atom. The third kappa shape index (κ3) is 7.80. The third-order valence-electron chi connectivity index (χ3n) is 3.07. The molecule has 0 aromatic rings. The number of hydrogen-bond acceptors (Lipinski definition) is 2. The summed E-state index contributed by atoms with van der Waals surface area (Å²) in [5, 5.41) is 3.54. The number of nitrogens with one attached hydrogen (secondary N) is 1. The molecule has 0 aliphatic carbocycles. The van der Waals surface area contributed by atoms with E-state index >= 15 is 0 Å². The summed E-state index contributed by atoms with van der Waals surface area (Å²) in [5.41, 5.74) is 0. The average molecular weight is 215 g/mol. The van der Waals surface area contributed by atoms with E-state index in [9.17, 15) is 0 Å². The Balaban J connectivity index is 3.77. The topological polar surface area (TPSA) is 21.3 Å². The van der Waals surface area contributed by atoms with E-state index in [-0.39, 0.29) is 0 Å². The minimum atomic E-state index is 0.772. The molecule has 92 valence electrons. The molecule has 0 aliphatic heterocycles. The van der Waals surface area contributed by atoms with E-state index in [0.717, 1.165) is 25.0 Å². The molecule has 0 aromatic carbocycles.